The number of hydrogen-bond acceptors (Lipinski definition) is 3. The normalized spacial score (nSPS) is 17.8. The van der Waals surface area contributed by atoms with E-state index in [1.807, 2.05) is 17.2 Å². The maximum atomic E-state index is 5.27. The Bertz CT molecular complexity index is 270. The third-order valence-corrected chi connectivity index (χ3v) is 2.65. The molecule has 1 aromatic heterocycles. The van der Waals surface area contributed by atoms with Crippen molar-refractivity contribution in [2.45, 2.75) is 5.33 Å². The second kappa shape index (κ2) is 4.11. The van der Waals surface area contributed by atoms with Crippen molar-refractivity contribution in [2.24, 2.45) is 0 Å². The highest BCUT2D eigenvalue weighted by molar-refractivity contribution is 9.08. The van der Waals surface area contributed by atoms with Gasteiger partial charge in [-0.1, -0.05) is 15.9 Å². The number of imidazole rings is 1. The number of halogens is 1. The third-order valence-electron chi connectivity index (χ3n) is 2.07. The van der Waals surface area contributed by atoms with Crippen LogP contribution in [0.2, 0.25) is 0 Å². The molecule has 2 rings (SSSR count). The SMILES string of the molecule is BrCc1cn(N2CCOCC2)cn1. The molecule has 0 unspecified atom stereocenters. The summed E-state index contributed by atoms with van der Waals surface area (Å²) in [5.41, 5.74) is 1.06. The van der Waals surface area contributed by atoms with Gasteiger partial charge in [0.05, 0.1) is 38.2 Å². The first-order valence-corrected chi connectivity index (χ1v) is 5.44. The molecule has 0 aliphatic carbocycles. The summed E-state index contributed by atoms with van der Waals surface area (Å²) >= 11 is 3.38. The smallest absolute Gasteiger partial charge is 0.114 e. The minimum Gasteiger partial charge on any atom is -0.378 e. The number of rotatable bonds is 2. The molecule has 2 heterocycles. The molecule has 4 nitrogen and oxygen atoms in total. The summed E-state index contributed by atoms with van der Waals surface area (Å²) in [6.07, 6.45) is 3.89. The molecule has 0 N–H and O–H groups in total. The molecular weight excluding hydrogens is 234 g/mol. The molecule has 72 valence electrons. The number of morpholine rings is 1. The van der Waals surface area contributed by atoms with Crippen LogP contribution < -0.4 is 5.01 Å². The van der Waals surface area contributed by atoms with Crippen molar-refractivity contribution in [3.63, 3.8) is 0 Å². The average Bonchev–Trinajstić information content (AvgIpc) is 2.67. The van der Waals surface area contributed by atoms with Crippen molar-refractivity contribution in [3.8, 4) is 0 Å². The van der Waals surface area contributed by atoms with Crippen LogP contribution in [0.1, 0.15) is 5.69 Å². The van der Waals surface area contributed by atoms with Crippen molar-refractivity contribution >= 4 is 15.9 Å². The number of aromatic nitrogens is 2. The van der Waals surface area contributed by atoms with Gasteiger partial charge in [0.2, 0.25) is 0 Å². The molecule has 0 atom stereocenters. The van der Waals surface area contributed by atoms with Crippen LogP contribution in [0.25, 0.3) is 0 Å². The average molecular weight is 246 g/mol. The van der Waals surface area contributed by atoms with Gasteiger partial charge in [-0.3, -0.25) is 4.68 Å². The molecule has 1 fully saturated rings. The maximum Gasteiger partial charge on any atom is 0.114 e. The highest BCUT2D eigenvalue weighted by atomic mass is 79.9. The molecule has 1 aliphatic rings. The highest BCUT2D eigenvalue weighted by Crippen LogP contribution is 2.04. The molecule has 0 saturated carbocycles. The van der Waals surface area contributed by atoms with Crippen LogP contribution in [0.5, 0.6) is 0 Å². The van der Waals surface area contributed by atoms with E-state index in [0.717, 1.165) is 37.3 Å². The lowest BCUT2D eigenvalue weighted by molar-refractivity contribution is 0.111. The Labute approximate surface area is 85.6 Å². The quantitative estimate of drug-likeness (QED) is 0.721. The zero-order valence-electron chi connectivity index (χ0n) is 7.32. The molecule has 0 amide bonds. The standard InChI is InChI=1S/C8H12BrN3O/c9-5-8-6-12(7-10-8)11-1-3-13-4-2-11/h6-7H,1-5H2. The van der Waals surface area contributed by atoms with E-state index in [4.69, 9.17) is 4.74 Å². The molecular formula is C8H12BrN3O. The fourth-order valence-electron chi connectivity index (χ4n) is 1.36. The van der Waals surface area contributed by atoms with Crippen LogP contribution in [0, 0.1) is 0 Å². The lowest BCUT2D eigenvalue weighted by Crippen LogP contribution is -2.43. The van der Waals surface area contributed by atoms with Gasteiger partial charge in [-0.25, -0.2) is 4.98 Å². The first-order valence-electron chi connectivity index (χ1n) is 4.32. The first kappa shape index (κ1) is 9.02. The van der Waals surface area contributed by atoms with Crippen LogP contribution in [-0.2, 0) is 10.1 Å². The van der Waals surface area contributed by atoms with E-state index in [0.29, 0.717) is 0 Å². The van der Waals surface area contributed by atoms with E-state index in [1.54, 1.807) is 0 Å². The molecule has 1 aliphatic heterocycles. The fraction of sp³-hybridized carbons (Fsp3) is 0.625. The third kappa shape index (κ3) is 2.03. The predicted molar refractivity (Wildman–Crippen MR) is 53.6 cm³/mol. The van der Waals surface area contributed by atoms with Crippen molar-refractivity contribution < 1.29 is 4.74 Å². The second-order valence-electron chi connectivity index (χ2n) is 2.94. The second-order valence-corrected chi connectivity index (χ2v) is 3.51. The zero-order valence-corrected chi connectivity index (χ0v) is 8.90. The number of hydrogen-bond donors (Lipinski definition) is 0. The molecule has 0 bridgehead atoms. The van der Waals surface area contributed by atoms with E-state index in [9.17, 15) is 0 Å². The van der Waals surface area contributed by atoms with Crippen molar-refractivity contribution in [1.82, 2.24) is 9.66 Å². The lowest BCUT2D eigenvalue weighted by Gasteiger charge is -2.29. The summed E-state index contributed by atoms with van der Waals surface area (Å²) in [7, 11) is 0. The summed E-state index contributed by atoms with van der Waals surface area (Å²) in [6, 6.07) is 0. The Kier molecular flexibility index (Phi) is 2.85. The van der Waals surface area contributed by atoms with Crippen molar-refractivity contribution in [2.75, 3.05) is 31.3 Å². The summed E-state index contributed by atoms with van der Waals surface area (Å²) in [4.78, 5) is 4.24. The molecule has 0 spiro atoms. The van der Waals surface area contributed by atoms with E-state index < -0.39 is 0 Å². The Morgan fingerprint density at radius 3 is 2.85 bits per heavy atom. The van der Waals surface area contributed by atoms with Crippen LogP contribution in [0.15, 0.2) is 12.5 Å². The van der Waals surface area contributed by atoms with Crippen molar-refractivity contribution in [1.29, 1.82) is 0 Å². The van der Waals surface area contributed by atoms with E-state index in [2.05, 4.69) is 25.9 Å². The van der Waals surface area contributed by atoms with Crippen LogP contribution in [0.3, 0.4) is 0 Å². The van der Waals surface area contributed by atoms with Crippen LogP contribution >= 0.6 is 15.9 Å². The number of alkyl halides is 1. The minimum atomic E-state index is 0.807. The highest BCUT2D eigenvalue weighted by Gasteiger charge is 2.10. The number of nitrogens with zero attached hydrogens (tertiary/aromatic N) is 3. The first-order chi connectivity index (χ1) is 6.40. The summed E-state index contributed by atoms with van der Waals surface area (Å²) in [5.74, 6) is 0. The van der Waals surface area contributed by atoms with Gasteiger partial charge in [0, 0.05) is 5.33 Å². The predicted octanol–water partition coefficient (Wildman–Crippen LogP) is 0.746. The summed E-state index contributed by atoms with van der Waals surface area (Å²) in [6.45, 7) is 3.50. The largest absolute Gasteiger partial charge is 0.378 e. The summed E-state index contributed by atoms with van der Waals surface area (Å²) in [5, 5.41) is 3.03. The summed E-state index contributed by atoms with van der Waals surface area (Å²) < 4.78 is 7.31. The van der Waals surface area contributed by atoms with E-state index in [1.165, 1.54) is 0 Å². The van der Waals surface area contributed by atoms with Crippen LogP contribution in [-0.4, -0.2) is 36.0 Å². The molecule has 0 radical (unpaired) electrons. The van der Waals surface area contributed by atoms with Gasteiger partial charge >= 0.3 is 0 Å². The van der Waals surface area contributed by atoms with E-state index >= 15 is 0 Å². The van der Waals surface area contributed by atoms with Gasteiger partial charge in [-0.05, 0) is 0 Å². The van der Waals surface area contributed by atoms with Gasteiger partial charge < -0.3 is 9.75 Å². The van der Waals surface area contributed by atoms with Gasteiger partial charge in [0.25, 0.3) is 0 Å². The Morgan fingerprint density at radius 1 is 1.46 bits per heavy atom. The Morgan fingerprint density at radius 2 is 2.23 bits per heavy atom. The van der Waals surface area contributed by atoms with Crippen molar-refractivity contribution in [3.05, 3.63) is 18.2 Å². The van der Waals surface area contributed by atoms with Crippen LogP contribution in [0.4, 0.5) is 0 Å². The monoisotopic (exact) mass is 245 g/mol. The molecule has 1 aromatic rings. The van der Waals surface area contributed by atoms with Gasteiger partial charge in [-0.15, -0.1) is 0 Å². The lowest BCUT2D eigenvalue weighted by atomic mass is 10.5. The van der Waals surface area contributed by atoms with Gasteiger partial charge in [0.15, 0.2) is 0 Å². The molecule has 1 saturated heterocycles. The zero-order chi connectivity index (χ0) is 9.10. The van der Waals surface area contributed by atoms with Gasteiger partial charge in [0.1, 0.15) is 6.33 Å². The Hall–Kier alpha value is -0.550. The van der Waals surface area contributed by atoms with E-state index in [-0.39, 0.29) is 0 Å². The van der Waals surface area contributed by atoms with Gasteiger partial charge in [-0.2, -0.15) is 0 Å². The number of ether oxygens (including phenoxy) is 1. The Balaban J connectivity index is 2.05. The fourth-order valence-corrected chi connectivity index (χ4v) is 1.65. The molecule has 5 heteroatoms. The molecule has 0 aromatic carbocycles. The maximum absolute atomic E-state index is 5.27. The molecule has 13 heavy (non-hydrogen) atoms. The minimum absolute atomic E-state index is 0.807. The topological polar surface area (TPSA) is 30.3 Å².